The van der Waals surface area contributed by atoms with E-state index in [1.807, 2.05) is 36.4 Å². The lowest BCUT2D eigenvalue weighted by molar-refractivity contribution is -0.123. The van der Waals surface area contributed by atoms with Crippen LogP contribution in [0.2, 0.25) is 0 Å². The molecule has 7 nitrogen and oxygen atoms in total. The number of pyridine rings is 1. The molecule has 0 saturated carbocycles. The maximum absolute atomic E-state index is 12.5. The zero-order chi connectivity index (χ0) is 22.1. The molecule has 31 heavy (non-hydrogen) atoms. The van der Waals surface area contributed by atoms with E-state index in [0.29, 0.717) is 13.0 Å². The van der Waals surface area contributed by atoms with Gasteiger partial charge < -0.3 is 19.5 Å². The van der Waals surface area contributed by atoms with Crippen LogP contribution in [0, 0.1) is 5.92 Å². The third kappa shape index (κ3) is 6.42. The lowest BCUT2D eigenvalue weighted by Crippen LogP contribution is -2.43. The summed E-state index contributed by atoms with van der Waals surface area (Å²) in [4.78, 5) is 19.5. The predicted molar refractivity (Wildman–Crippen MR) is 119 cm³/mol. The third-order valence-corrected chi connectivity index (χ3v) is 5.75. The van der Waals surface area contributed by atoms with Crippen LogP contribution in [0.1, 0.15) is 36.6 Å². The Hall–Kier alpha value is -2.64. The molecule has 1 aliphatic heterocycles. The van der Waals surface area contributed by atoms with Crippen LogP contribution in [0.15, 0.2) is 42.6 Å². The molecule has 0 bridgehead atoms. The fourth-order valence-corrected chi connectivity index (χ4v) is 4.19. The Bertz CT molecular complexity index is 831. The van der Waals surface area contributed by atoms with Crippen molar-refractivity contribution in [3.05, 3.63) is 53.9 Å². The Balaban J connectivity index is 1.75. The molecular formula is C24H33N3O4. The Labute approximate surface area is 184 Å². The fourth-order valence-electron chi connectivity index (χ4n) is 4.19. The summed E-state index contributed by atoms with van der Waals surface area (Å²) in [5, 5.41) is 3.21. The molecule has 1 N–H and O–H groups in total. The predicted octanol–water partition coefficient (Wildman–Crippen LogP) is 3.20. The van der Waals surface area contributed by atoms with Crippen molar-refractivity contribution < 1.29 is 19.0 Å². The highest BCUT2D eigenvalue weighted by molar-refractivity contribution is 5.76. The van der Waals surface area contributed by atoms with Gasteiger partial charge in [0.1, 0.15) is 11.5 Å². The largest absolute Gasteiger partial charge is 0.497 e. The molecule has 2 aromatic rings. The number of likely N-dealkylation sites (tertiary alicyclic amines) is 1. The van der Waals surface area contributed by atoms with Gasteiger partial charge in [0.15, 0.2) is 0 Å². The number of hydrogen-bond acceptors (Lipinski definition) is 6. The number of nitrogens with one attached hydrogen (secondary N) is 1. The highest BCUT2D eigenvalue weighted by Crippen LogP contribution is 2.32. The van der Waals surface area contributed by atoms with E-state index in [1.165, 1.54) is 0 Å². The fraction of sp³-hybridized carbons (Fsp3) is 0.500. The first-order valence-electron chi connectivity index (χ1n) is 10.8. The van der Waals surface area contributed by atoms with Crippen molar-refractivity contribution in [2.45, 2.75) is 31.8 Å². The second-order valence-electron chi connectivity index (χ2n) is 7.86. The number of carbonyl (C=O) groups is 1. The van der Waals surface area contributed by atoms with E-state index in [1.54, 1.807) is 27.5 Å². The standard InChI is InChI=1S/C24H33N3O4/c1-29-14-11-23(28)26-24(21-8-4-5-12-25-21)18-7-6-13-27(16-18)17-19-15-20(30-2)9-10-22(19)31-3/h4-5,8-10,12,15,18,24H,6-7,11,13-14,16-17H2,1-3H3,(H,26,28)/t18-,24-/m1/s1. The lowest BCUT2D eigenvalue weighted by Gasteiger charge is -2.37. The molecular weight excluding hydrogens is 394 g/mol. The van der Waals surface area contributed by atoms with E-state index in [0.717, 1.165) is 55.2 Å². The third-order valence-electron chi connectivity index (χ3n) is 5.75. The molecule has 1 aromatic heterocycles. The van der Waals surface area contributed by atoms with Gasteiger partial charge in [-0.2, -0.15) is 0 Å². The summed E-state index contributed by atoms with van der Waals surface area (Å²) in [6.45, 7) is 3.05. The van der Waals surface area contributed by atoms with Crippen molar-refractivity contribution in [2.75, 3.05) is 41.0 Å². The van der Waals surface area contributed by atoms with E-state index in [4.69, 9.17) is 14.2 Å². The van der Waals surface area contributed by atoms with Crippen LogP contribution in [0.25, 0.3) is 0 Å². The molecule has 1 aliphatic rings. The maximum Gasteiger partial charge on any atom is 0.222 e. The molecule has 0 spiro atoms. The van der Waals surface area contributed by atoms with Gasteiger partial charge in [0.25, 0.3) is 0 Å². The first kappa shape index (κ1) is 23.0. The van der Waals surface area contributed by atoms with Crippen molar-refractivity contribution in [3.63, 3.8) is 0 Å². The number of hydrogen-bond donors (Lipinski definition) is 1. The first-order valence-corrected chi connectivity index (χ1v) is 10.8. The second kappa shape index (κ2) is 11.7. The van der Waals surface area contributed by atoms with Crippen LogP contribution in [0.3, 0.4) is 0 Å². The molecule has 0 radical (unpaired) electrons. The van der Waals surface area contributed by atoms with Gasteiger partial charge >= 0.3 is 0 Å². The summed E-state index contributed by atoms with van der Waals surface area (Å²) in [5.74, 6) is 1.94. The van der Waals surface area contributed by atoms with E-state index >= 15 is 0 Å². The van der Waals surface area contributed by atoms with Crippen LogP contribution < -0.4 is 14.8 Å². The normalized spacial score (nSPS) is 17.7. The molecule has 1 saturated heterocycles. The highest BCUT2D eigenvalue weighted by Gasteiger charge is 2.30. The van der Waals surface area contributed by atoms with Gasteiger partial charge in [-0.15, -0.1) is 0 Å². The molecule has 3 rings (SSSR count). The van der Waals surface area contributed by atoms with Crippen molar-refractivity contribution in [1.29, 1.82) is 0 Å². The topological polar surface area (TPSA) is 72.9 Å². The van der Waals surface area contributed by atoms with E-state index in [2.05, 4.69) is 15.2 Å². The number of benzene rings is 1. The summed E-state index contributed by atoms with van der Waals surface area (Å²) in [5.41, 5.74) is 2.00. The van der Waals surface area contributed by atoms with Crippen molar-refractivity contribution in [3.8, 4) is 11.5 Å². The van der Waals surface area contributed by atoms with Gasteiger partial charge in [-0.25, -0.2) is 0 Å². The Morgan fingerprint density at radius 3 is 2.81 bits per heavy atom. The minimum absolute atomic E-state index is 0.0101. The second-order valence-corrected chi connectivity index (χ2v) is 7.86. The van der Waals surface area contributed by atoms with Crippen LogP contribution >= 0.6 is 0 Å². The average Bonchev–Trinajstić information content (AvgIpc) is 2.81. The van der Waals surface area contributed by atoms with Crippen LogP contribution in [0.4, 0.5) is 0 Å². The van der Waals surface area contributed by atoms with Gasteiger partial charge in [-0.3, -0.25) is 14.7 Å². The smallest absolute Gasteiger partial charge is 0.222 e. The molecule has 1 fully saturated rings. The minimum atomic E-state index is -0.124. The Morgan fingerprint density at radius 1 is 1.23 bits per heavy atom. The maximum atomic E-state index is 12.5. The molecule has 7 heteroatoms. The SMILES string of the molecule is COCCC(=O)N[C@@H](c1ccccn1)[C@@H]1CCCN(Cc2cc(OC)ccc2OC)C1. The monoisotopic (exact) mass is 427 g/mol. The van der Waals surface area contributed by atoms with Gasteiger partial charge in [0.05, 0.1) is 32.6 Å². The number of methoxy groups -OCH3 is 3. The van der Waals surface area contributed by atoms with Crippen LogP contribution in [0.5, 0.6) is 11.5 Å². The number of piperidine rings is 1. The average molecular weight is 428 g/mol. The summed E-state index contributed by atoms with van der Waals surface area (Å²) in [7, 11) is 4.97. The van der Waals surface area contributed by atoms with E-state index < -0.39 is 0 Å². The first-order chi connectivity index (χ1) is 15.1. The zero-order valence-corrected chi connectivity index (χ0v) is 18.7. The quantitative estimate of drug-likeness (QED) is 0.628. The summed E-state index contributed by atoms with van der Waals surface area (Å²) in [6.07, 6.45) is 4.23. The van der Waals surface area contributed by atoms with Gasteiger partial charge in [0, 0.05) is 38.4 Å². The molecule has 168 valence electrons. The molecule has 0 aliphatic carbocycles. The lowest BCUT2D eigenvalue weighted by atomic mass is 9.88. The zero-order valence-electron chi connectivity index (χ0n) is 18.7. The Morgan fingerprint density at radius 2 is 2.10 bits per heavy atom. The molecule has 1 amide bonds. The number of nitrogens with zero attached hydrogens (tertiary/aromatic N) is 2. The number of ether oxygens (including phenoxy) is 3. The molecule has 1 aromatic carbocycles. The van der Waals surface area contributed by atoms with Crippen LogP contribution in [-0.2, 0) is 16.1 Å². The Kier molecular flexibility index (Phi) is 8.67. The van der Waals surface area contributed by atoms with Crippen molar-refractivity contribution >= 4 is 5.91 Å². The number of aromatic nitrogens is 1. The van der Waals surface area contributed by atoms with Crippen molar-refractivity contribution in [1.82, 2.24) is 15.2 Å². The van der Waals surface area contributed by atoms with Gasteiger partial charge in [-0.05, 0) is 55.6 Å². The summed E-state index contributed by atoms with van der Waals surface area (Å²) >= 11 is 0. The minimum Gasteiger partial charge on any atom is -0.497 e. The number of carbonyl (C=O) groups excluding carboxylic acids is 1. The van der Waals surface area contributed by atoms with E-state index in [-0.39, 0.29) is 17.9 Å². The number of amides is 1. The van der Waals surface area contributed by atoms with Gasteiger partial charge in [-0.1, -0.05) is 6.07 Å². The van der Waals surface area contributed by atoms with Gasteiger partial charge in [0.2, 0.25) is 5.91 Å². The molecule has 2 atom stereocenters. The molecule has 0 unspecified atom stereocenters. The van der Waals surface area contributed by atoms with Crippen molar-refractivity contribution in [2.24, 2.45) is 5.92 Å². The summed E-state index contributed by atoms with van der Waals surface area (Å²) in [6, 6.07) is 11.6. The van der Waals surface area contributed by atoms with E-state index in [9.17, 15) is 4.79 Å². The highest BCUT2D eigenvalue weighted by atomic mass is 16.5. The number of rotatable bonds is 10. The van der Waals surface area contributed by atoms with Crippen LogP contribution in [-0.4, -0.2) is 56.8 Å². The molecule has 2 heterocycles. The summed E-state index contributed by atoms with van der Waals surface area (Å²) < 4.78 is 16.0.